The lowest BCUT2D eigenvalue weighted by Crippen LogP contribution is -2.41. The van der Waals surface area contributed by atoms with Crippen molar-refractivity contribution in [3.05, 3.63) is 29.8 Å². The molecule has 0 unspecified atom stereocenters. The Kier molecular flexibility index (Phi) is 4.87. The van der Waals surface area contributed by atoms with E-state index in [4.69, 9.17) is 9.47 Å². The van der Waals surface area contributed by atoms with Crippen molar-refractivity contribution in [3.63, 3.8) is 0 Å². The minimum Gasteiger partial charge on any atom is -0.488 e. The van der Waals surface area contributed by atoms with Crippen molar-refractivity contribution >= 4 is 12.4 Å². The van der Waals surface area contributed by atoms with E-state index in [-0.39, 0.29) is 18.7 Å². The molecule has 0 saturated carbocycles. The number of likely N-dealkylation sites (tertiary alicyclic amines) is 1. The maximum absolute atomic E-state index is 13.2. The molecule has 0 N–H and O–H groups in total. The van der Waals surface area contributed by atoms with Crippen molar-refractivity contribution in [2.75, 3.05) is 6.54 Å². The van der Waals surface area contributed by atoms with E-state index in [1.54, 1.807) is 20.8 Å². The number of rotatable bonds is 3. The quantitative estimate of drug-likeness (QED) is 0.801. The van der Waals surface area contributed by atoms with Gasteiger partial charge in [0.15, 0.2) is 0 Å². The van der Waals surface area contributed by atoms with E-state index in [9.17, 15) is 18.4 Å². The van der Waals surface area contributed by atoms with Crippen LogP contribution in [-0.4, -0.2) is 41.6 Å². The fraction of sp³-hybridized carbons (Fsp3) is 0.500. The Hall–Kier alpha value is -2.18. The largest absolute Gasteiger partial charge is 0.488 e. The predicted octanol–water partition coefficient (Wildman–Crippen LogP) is 2.92. The second-order valence-electron chi connectivity index (χ2n) is 6.42. The highest BCUT2D eigenvalue weighted by Crippen LogP contribution is 2.25. The molecular weight excluding hydrogens is 308 g/mol. The van der Waals surface area contributed by atoms with Crippen LogP contribution in [0.3, 0.4) is 0 Å². The first-order valence-electron chi connectivity index (χ1n) is 7.25. The molecule has 1 fully saturated rings. The molecule has 2 atom stereocenters. The molecular formula is C16H19F2NO4. The summed E-state index contributed by atoms with van der Waals surface area (Å²) in [7, 11) is 0. The molecule has 0 spiro atoms. The van der Waals surface area contributed by atoms with E-state index in [2.05, 4.69) is 0 Å². The number of amides is 1. The van der Waals surface area contributed by atoms with Crippen molar-refractivity contribution in [2.45, 2.75) is 44.9 Å². The van der Waals surface area contributed by atoms with Gasteiger partial charge in [-0.15, -0.1) is 0 Å². The zero-order valence-corrected chi connectivity index (χ0v) is 13.2. The second-order valence-corrected chi connectivity index (χ2v) is 6.42. The zero-order chi connectivity index (χ0) is 17.2. The topological polar surface area (TPSA) is 55.8 Å². The van der Waals surface area contributed by atoms with E-state index in [0.717, 1.165) is 18.2 Å². The van der Waals surface area contributed by atoms with Gasteiger partial charge < -0.3 is 14.3 Å². The molecule has 1 aliphatic heterocycles. The molecule has 0 bridgehead atoms. The lowest BCUT2D eigenvalue weighted by molar-refractivity contribution is -0.111. The third-order valence-corrected chi connectivity index (χ3v) is 3.23. The summed E-state index contributed by atoms with van der Waals surface area (Å²) in [5.41, 5.74) is -0.685. The maximum atomic E-state index is 13.2. The van der Waals surface area contributed by atoms with Crippen LogP contribution >= 0.6 is 0 Å². The van der Waals surface area contributed by atoms with Crippen LogP contribution in [-0.2, 0) is 9.53 Å². The molecule has 23 heavy (non-hydrogen) atoms. The van der Waals surface area contributed by atoms with E-state index in [0.29, 0.717) is 6.29 Å². The Morgan fingerprint density at radius 2 is 1.87 bits per heavy atom. The lowest BCUT2D eigenvalue weighted by atomic mass is 10.2. The number of carbonyl (C=O) groups excluding carboxylic acids is 2. The van der Waals surface area contributed by atoms with Gasteiger partial charge in [-0.1, -0.05) is 0 Å². The number of nitrogens with zero attached hydrogens (tertiary/aromatic N) is 1. The van der Waals surface area contributed by atoms with Crippen molar-refractivity contribution in [3.8, 4) is 5.75 Å². The minimum atomic E-state index is -0.756. The Bertz CT molecular complexity index is 580. The van der Waals surface area contributed by atoms with Gasteiger partial charge in [-0.25, -0.2) is 13.6 Å². The molecule has 1 aliphatic rings. The van der Waals surface area contributed by atoms with Crippen LogP contribution in [0.4, 0.5) is 13.6 Å². The fourth-order valence-electron chi connectivity index (χ4n) is 2.36. The van der Waals surface area contributed by atoms with Crippen LogP contribution in [0.15, 0.2) is 18.2 Å². The van der Waals surface area contributed by atoms with Gasteiger partial charge in [0.05, 0.1) is 12.6 Å². The summed E-state index contributed by atoms with van der Waals surface area (Å²) >= 11 is 0. The van der Waals surface area contributed by atoms with Crippen LogP contribution < -0.4 is 4.74 Å². The van der Waals surface area contributed by atoms with Gasteiger partial charge in [0.1, 0.15) is 35.4 Å². The van der Waals surface area contributed by atoms with Crippen molar-refractivity contribution in [2.24, 2.45) is 0 Å². The summed E-state index contributed by atoms with van der Waals surface area (Å²) in [4.78, 5) is 24.5. The average Bonchev–Trinajstić information content (AvgIpc) is 2.78. The number of hydrogen-bond acceptors (Lipinski definition) is 4. The first kappa shape index (κ1) is 17.2. The SMILES string of the molecule is CC(C)(C)OC(=O)N1C[C@@H](Oc2cc(F)cc(F)c2)C[C@H]1C=O. The third kappa shape index (κ3) is 4.64. The highest BCUT2D eigenvalue weighted by molar-refractivity contribution is 5.74. The van der Waals surface area contributed by atoms with Gasteiger partial charge in [0, 0.05) is 24.6 Å². The smallest absolute Gasteiger partial charge is 0.411 e. The summed E-state index contributed by atoms with van der Waals surface area (Å²) in [6.45, 7) is 5.28. The van der Waals surface area contributed by atoms with Crippen molar-refractivity contribution in [1.82, 2.24) is 4.90 Å². The molecule has 0 aromatic heterocycles. The third-order valence-electron chi connectivity index (χ3n) is 3.23. The van der Waals surface area contributed by atoms with Gasteiger partial charge in [-0.3, -0.25) is 4.90 Å². The van der Waals surface area contributed by atoms with Crippen molar-refractivity contribution in [1.29, 1.82) is 0 Å². The lowest BCUT2D eigenvalue weighted by Gasteiger charge is -2.26. The number of halogens is 2. The van der Waals surface area contributed by atoms with Crippen molar-refractivity contribution < 1.29 is 27.8 Å². The second kappa shape index (κ2) is 6.52. The molecule has 5 nitrogen and oxygen atoms in total. The summed E-state index contributed by atoms with van der Waals surface area (Å²) in [5, 5.41) is 0. The number of benzene rings is 1. The van der Waals surface area contributed by atoms with E-state index < -0.39 is 35.5 Å². The fourth-order valence-corrected chi connectivity index (χ4v) is 2.36. The molecule has 126 valence electrons. The summed E-state index contributed by atoms with van der Waals surface area (Å²) in [6, 6.07) is 2.15. The highest BCUT2D eigenvalue weighted by atomic mass is 19.1. The van der Waals surface area contributed by atoms with E-state index in [1.165, 1.54) is 4.90 Å². The zero-order valence-electron chi connectivity index (χ0n) is 13.2. The molecule has 1 aromatic carbocycles. The molecule has 1 heterocycles. The molecule has 0 aliphatic carbocycles. The van der Waals surface area contributed by atoms with Gasteiger partial charge in [-0.05, 0) is 20.8 Å². The predicted molar refractivity (Wildman–Crippen MR) is 78.2 cm³/mol. The molecule has 2 rings (SSSR count). The normalized spacial score (nSPS) is 21.2. The highest BCUT2D eigenvalue weighted by Gasteiger charge is 2.38. The van der Waals surface area contributed by atoms with E-state index >= 15 is 0 Å². The monoisotopic (exact) mass is 327 g/mol. The first-order chi connectivity index (χ1) is 10.7. The Morgan fingerprint density at radius 3 is 2.39 bits per heavy atom. The Labute approximate surface area is 133 Å². The molecule has 1 saturated heterocycles. The molecule has 7 heteroatoms. The van der Waals surface area contributed by atoms with Gasteiger partial charge in [0.25, 0.3) is 0 Å². The first-order valence-corrected chi connectivity index (χ1v) is 7.25. The number of hydrogen-bond donors (Lipinski definition) is 0. The number of ether oxygens (including phenoxy) is 2. The Morgan fingerprint density at radius 1 is 1.26 bits per heavy atom. The van der Waals surface area contributed by atoms with Gasteiger partial charge >= 0.3 is 6.09 Å². The summed E-state index contributed by atoms with van der Waals surface area (Å²) in [6.07, 6.45) is -0.287. The average molecular weight is 327 g/mol. The molecule has 0 radical (unpaired) electrons. The number of aldehydes is 1. The molecule has 1 amide bonds. The van der Waals surface area contributed by atoms with E-state index in [1.807, 2.05) is 0 Å². The standard InChI is InChI=1S/C16H19F2NO4/c1-16(2,3)23-15(21)19-8-14(7-12(19)9-20)22-13-5-10(17)4-11(18)6-13/h4-6,9,12,14H,7-8H2,1-3H3/t12-,14-/m0/s1. The summed E-state index contributed by atoms with van der Waals surface area (Å²) < 4.78 is 37.1. The van der Waals surface area contributed by atoms with Crippen LogP contribution in [0.1, 0.15) is 27.2 Å². The minimum absolute atomic E-state index is 0.0168. The van der Waals surface area contributed by atoms with Gasteiger partial charge in [-0.2, -0.15) is 0 Å². The maximum Gasteiger partial charge on any atom is 0.411 e. The van der Waals surface area contributed by atoms with Crippen LogP contribution in [0.2, 0.25) is 0 Å². The number of carbonyl (C=O) groups is 2. The van der Waals surface area contributed by atoms with Crippen LogP contribution in [0.5, 0.6) is 5.75 Å². The van der Waals surface area contributed by atoms with Crippen LogP contribution in [0.25, 0.3) is 0 Å². The van der Waals surface area contributed by atoms with Crippen LogP contribution in [0, 0.1) is 11.6 Å². The Balaban J connectivity index is 2.06. The molecule has 1 aromatic rings. The summed E-state index contributed by atoms with van der Waals surface area (Å²) in [5.74, 6) is -1.49. The van der Waals surface area contributed by atoms with Gasteiger partial charge in [0.2, 0.25) is 0 Å².